The number of carbonyl (C=O) groups is 2. The van der Waals surface area contributed by atoms with E-state index in [-0.39, 0.29) is 17.7 Å². The summed E-state index contributed by atoms with van der Waals surface area (Å²) in [6.07, 6.45) is 4.01. The van der Waals surface area contributed by atoms with Crippen molar-refractivity contribution < 1.29 is 9.59 Å². The van der Waals surface area contributed by atoms with Crippen LogP contribution in [0.15, 0.2) is 60.7 Å². The highest BCUT2D eigenvalue weighted by molar-refractivity contribution is 6.11. The summed E-state index contributed by atoms with van der Waals surface area (Å²) in [6.45, 7) is 0. The first kappa shape index (κ1) is 16.2. The van der Waals surface area contributed by atoms with Gasteiger partial charge < -0.3 is 10.6 Å². The Morgan fingerprint density at radius 2 is 1.17 bits per heavy atom. The Labute approximate surface area is 142 Å². The summed E-state index contributed by atoms with van der Waals surface area (Å²) in [4.78, 5) is 25.5. The van der Waals surface area contributed by atoms with E-state index in [1.54, 1.807) is 0 Å². The molecule has 24 heavy (non-hydrogen) atoms. The molecule has 0 radical (unpaired) electrons. The van der Waals surface area contributed by atoms with E-state index in [9.17, 15) is 9.59 Å². The zero-order valence-electron chi connectivity index (χ0n) is 13.6. The third-order valence-electron chi connectivity index (χ3n) is 4.52. The van der Waals surface area contributed by atoms with Crippen LogP contribution in [0.2, 0.25) is 0 Å². The molecule has 0 saturated heterocycles. The lowest BCUT2D eigenvalue weighted by atomic mass is 9.89. The molecule has 4 heteroatoms. The van der Waals surface area contributed by atoms with Crippen LogP contribution in [0.3, 0.4) is 0 Å². The second-order valence-corrected chi connectivity index (χ2v) is 6.23. The van der Waals surface area contributed by atoms with Gasteiger partial charge in [0.05, 0.1) is 0 Å². The Balaban J connectivity index is 1.75. The second kappa shape index (κ2) is 7.77. The molecule has 0 spiro atoms. The molecule has 0 heterocycles. The standard InChI is InChI=1S/C20H22N2O2/c23-19(21-16-11-3-1-4-12-16)18(15-9-7-8-10-15)20(24)22-17-13-5-2-6-14-17/h1-6,11-15,18H,7-10H2,(H,21,23)(H,22,24). The Bertz CT molecular complexity index is 626. The summed E-state index contributed by atoms with van der Waals surface area (Å²) in [6, 6.07) is 18.6. The molecule has 0 aliphatic heterocycles. The highest BCUT2D eigenvalue weighted by Crippen LogP contribution is 2.33. The minimum atomic E-state index is -0.659. The minimum absolute atomic E-state index is 0.109. The molecule has 3 rings (SSSR count). The molecule has 1 aliphatic carbocycles. The molecule has 2 N–H and O–H groups in total. The van der Waals surface area contributed by atoms with Crippen LogP contribution in [0.4, 0.5) is 11.4 Å². The highest BCUT2D eigenvalue weighted by Gasteiger charge is 2.36. The Morgan fingerprint density at radius 3 is 1.58 bits per heavy atom. The largest absolute Gasteiger partial charge is 0.325 e. The van der Waals surface area contributed by atoms with Crippen molar-refractivity contribution in [3.8, 4) is 0 Å². The zero-order chi connectivity index (χ0) is 16.8. The van der Waals surface area contributed by atoms with Crippen LogP contribution in [-0.4, -0.2) is 11.8 Å². The number of nitrogens with one attached hydrogen (secondary N) is 2. The van der Waals surface area contributed by atoms with Crippen LogP contribution >= 0.6 is 0 Å². The van der Waals surface area contributed by atoms with Crippen molar-refractivity contribution in [1.82, 2.24) is 0 Å². The van der Waals surface area contributed by atoms with Crippen molar-refractivity contribution >= 4 is 23.2 Å². The van der Waals surface area contributed by atoms with E-state index in [4.69, 9.17) is 0 Å². The third-order valence-corrected chi connectivity index (χ3v) is 4.52. The van der Waals surface area contributed by atoms with Crippen molar-refractivity contribution in [3.05, 3.63) is 60.7 Å². The van der Waals surface area contributed by atoms with Gasteiger partial charge >= 0.3 is 0 Å². The van der Waals surface area contributed by atoms with Crippen molar-refractivity contribution in [2.24, 2.45) is 11.8 Å². The molecule has 1 fully saturated rings. The molecule has 1 saturated carbocycles. The summed E-state index contributed by atoms with van der Waals surface area (Å²) in [5, 5.41) is 5.77. The number of amides is 2. The van der Waals surface area contributed by atoms with Gasteiger partial charge in [-0.25, -0.2) is 0 Å². The molecule has 2 aromatic rings. The van der Waals surface area contributed by atoms with E-state index in [2.05, 4.69) is 10.6 Å². The first-order valence-corrected chi connectivity index (χ1v) is 8.46. The maximum Gasteiger partial charge on any atom is 0.237 e. The molecule has 1 aliphatic rings. The van der Waals surface area contributed by atoms with E-state index < -0.39 is 5.92 Å². The summed E-state index contributed by atoms with van der Waals surface area (Å²) in [7, 11) is 0. The van der Waals surface area contributed by atoms with E-state index in [1.165, 1.54) is 0 Å². The Kier molecular flexibility index (Phi) is 5.26. The fourth-order valence-electron chi connectivity index (χ4n) is 3.32. The van der Waals surface area contributed by atoms with E-state index in [0.29, 0.717) is 0 Å². The zero-order valence-corrected chi connectivity index (χ0v) is 13.6. The van der Waals surface area contributed by atoms with Crippen molar-refractivity contribution in [2.45, 2.75) is 25.7 Å². The van der Waals surface area contributed by atoms with Gasteiger partial charge in [0.25, 0.3) is 0 Å². The molecule has 124 valence electrons. The predicted molar refractivity (Wildman–Crippen MR) is 95.6 cm³/mol. The van der Waals surface area contributed by atoms with Gasteiger partial charge in [-0.2, -0.15) is 0 Å². The van der Waals surface area contributed by atoms with Crippen LogP contribution in [0.5, 0.6) is 0 Å². The molecule has 2 aromatic carbocycles. The smallest absolute Gasteiger partial charge is 0.237 e. The first-order chi connectivity index (χ1) is 11.7. The van der Waals surface area contributed by atoms with Gasteiger partial charge in [-0.15, -0.1) is 0 Å². The molecule has 2 amide bonds. The number of para-hydroxylation sites is 2. The molecular weight excluding hydrogens is 300 g/mol. The number of benzene rings is 2. The van der Waals surface area contributed by atoms with Crippen LogP contribution in [-0.2, 0) is 9.59 Å². The van der Waals surface area contributed by atoms with Gasteiger partial charge in [0.2, 0.25) is 11.8 Å². The second-order valence-electron chi connectivity index (χ2n) is 6.23. The average molecular weight is 322 g/mol. The summed E-state index contributed by atoms with van der Waals surface area (Å²) in [5.41, 5.74) is 1.44. The highest BCUT2D eigenvalue weighted by atomic mass is 16.2. The SMILES string of the molecule is O=C(Nc1ccccc1)C(C(=O)Nc1ccccc1)C1CCCC1. The lowest BCUT2D eigenvalue weighted by Gasteiger charge is -2.22. The number of carbonyl (C=O) groups excluding carboxylic acids is 2. The summed E-state index contributed by atoms with van der Waals surface area (Å²) >= 11 is 0. The van der Waals surface area contributed by atoms with E-state index in [0.717, 1.165) is 37.1 Å². The number of hydrogen-bond acceptors (Lipinski definition) is 2. The quantitative estimate of drug-likeness (QED) is 0.815. The minimum Gasteiger partial charge on any atom is -0.325 e. The molecule has 0 atom stereocenters. The van der Waals surface area contributed by atoms with Crippen LogP contribution < -0.4 is 10.6 Å². The number of rotatable bonds is 5. The van der Waals surface area contributed by atoms with Crippen molar-refractivity contribution in [2.75, 3.05) is 10.6 Å². The fraction of sp³-hybridized carbons (Fsp3) is 0.300. The molecule has 0 bridgehead atoms. The molecular formula is C20H22N2O2. The predicted octanol–water partition coefficient (Wildman–Crippen LogP) is 4.07. The van der Waals surface area contributed by atoms with Crippen LogP contribution in [0.1, 0.15) is 25.7 Å². The maximum absolute atomic E-state index is 12.8. The van der Waals surface area contributed by atoms with Gasteiger partial charge in [-0.05, 0) is 43.0 Å². The topological polar surface area (TPSA) is 58.2 Å². The first-order valence-electron chi connectivity index (χ1n) is 8.46. The van der Waals surface area contributed by atoms with Crippen molar-refractivity contribution in [1.29, 1.82) is 0 Å². The molecule has 0 aromatic heterocycles. The summed E-state index contributed by atoms with van der Waals surface area (Å²) < 4.78 is 0. The van der Waals surface area contributed by atoms with Crippen LogP contribution in [0, 0.1) is 11.8 Å². The Hall–Kier alpha value is -2.62. The summed E-state index contributed by atoms with van der Waals surface area (Å²) in [5.74, 6) is -0.992. The molecule has 4 nitrogen and oxygen atoms in total. The van der Waals surface area contributed by atoms with Gasteiger partial charge in [-0.1, -0.05) is 49.2 Å². The lowest BCUT2D eigenvalue weighted by molar-refractivity contribution is -0.131. The lowest BCUT2D eigenvalue weighted by Crippen LogP contribution is -2.38. The number of anilines is 2. The average Bonchev–Trinajstić information content (AvgIpc) is 3.11. The van der Waals surface area contributed by atoms with Gasteiger partial charge in [0.1, 0.15) is 5.92 Å². The monoisotopic (exact) mass is 322 g/mol. The van der Waals surface area contributed by atoms with Gasteiger partial charge in [0.15, 0.2) is 0 Å². The maximum atomic E-state index is 12.8. The van der Waals surface area contributed by atoms with Gasteiger partial charge in [0, 0.05) is 11.4 Å². The fourth-order valence-corrected chi connectivity index (χ4v) is 3.32. The molecule has 0 unspecified atom stereocenters. The van der Waals surface area contributed by atoms with E-state index in [1.807, 2.05) is 60.7 Å². The number of hydrogen-bond donors (Lipinski definition) is 2. The third kappa shape index (κ3) is 4.02. The Morgan fingerprint density at radius 1 is 0.750 bits per heavy atom. The van der Waals surface area contributed by atoms with Crippen LogP contribution in [0.25, 0.3) is 0 Å². The van der Waals surface area contributed by atoms with Gasteiger partial charge in [-0.3, -0.25) is 9.59 Å². The normalized spacial score (nSPS) is 14.5. The van der Waals surface area contributed by atoms with E-state index >= 15 is 0 Å². The van der Waals surface area contributed by atoms with Crippen molar-refractivity contribution in [3.63, 3.8) is 0 Å².